The number of aliphatic carboxylic acids is 1. The summed E-state index contributed by atoms with van der Waals surface area (Å²) in [5, 5.41) is 8.56. The number of nitrogens with two attached hydrogens (primary N) is 1. The van der Waals surface area contributed by atoms with E-state index in [-0.39, 0.29) is 12.2 Å². The molecule has 4 nitrogen and oxygen atoms in total. The Balaban J connectivity index is 2.23. The molecule has 92 valence electrons. The second kappa shape index (κ2) is 6.81. The Hall–Kier alpha value is -1.68. The number of aryl methyl sites for hydroxylation is 1. The largest absolute Gasteiger partial charge is 0.480 e. The van der Waals surface area contributed by atoms with Crippen LogP contribution in [0.2, 0.25) is 0 Å². The van der Waals surface area contributed by atoms with Gasteiger partial charge >= 0.3 is 5.97 Å². The summed E-state index contributed by atoms with van der Waals surface area (Å²) in [7, 11) is 0. The Morgan fingerprint density at radius 2 is 1.88 bits per heavy atom. The Bertz CT molecular complexity index is 376. The van der Waals surface area contributed by atoms with Gasteiger partial charge in [0, 0.05) is 12.8 Å². The smallest absolute Gasteiger partial charge is 0.320 e. The van der Waals surface area contributed by atoms with E-state index in [0.717, 1.165) is 12.8 Å². The lowest BCUT2D eigenvalue weighted by atomic mass is 10.0. The fourth-order valence-corrected chi connectivity index (χ4v) is 1.57. The van der Waals surface area contributed by atoms with Crippen molar-refractivity contribution in [3.63, 3.8) is 0 Å². The van der Waals surface area contributed by atoms with Crippen LogP contribution in [-0.4, -0.2) is 22.9 Å². The van der Waals surface area contributed by atoms with E-state index in [1.807, 2.05) is 30.3 Å². The highest BCUT2D eigenvalue weighted by molar-refractivity contribution is 5.85. The summed E-state index contributed by atoms with van der Waals surface area (Å²) in [6, 6.07) is 8.80. The minimum atomic E-state index is -1.12. The number of ketones is 1. The fourth-order valence-electron chi connectivity index (χ4n) is 1.57. The van der Waals surface area contributed by atoms with Gasteiger partial charge in [0.15, 0.2) is 0 Å². The number of carbonyl (C=O) groups is 2. The van der Waals surface area contributed by atoms with Crippen LogP contribution >= 0.6 is 0 Å². The first kappa shape index (κ1) is 13.4. The fraction of sp³-hybridized carbons (Fsp3) is 0.385. The van der Waals surface area contributed by atoms with Gasteiger partial charge in [0.1, 0.15) is 11.8 Å². The second-order valence-corrected chi connectivity index (χ2v) is 4.03. The molecule has 0 radical (unpaired) electrons. The topological polar surface area (TPSA) is 80.4 Å². The molecule has 0 saturated heterocycles. The lowest BCUT2D eigenvalue weighted by Crippen LogP contribution is -2.32. The zero-order valence-electron chi connectivity index (χ0n) is 9.63. The van der Waals surface area contributed by atoms with Crippen molar-refractivity contribution >= 4 is 11.8 Å². The van der Waals surface area contributed by atoms with E-state index in [9.17, 15) is 9.59 Å². The molecule has 0 aliphatic heterocycles. The number of hydrogen-bond acceptors (Lipinski definition) is 3. The van der Waals surface area contributed by atoms with E-state index in [0.29, 0.717) is 6.42 Å². The van der Waals surface area contributed by atoms with Crippen molar-refractivity contribution in [2.45, 2.75) is 31.7 Å². The summed E-state index contributed by atoms with van der Waals surface area (Å²) >= 11 is 0. The van der Waals surface area contributed by atoms with Crippen LogP contribution in [0.15, 0.2) is 30.3 Å². The molecule has 0 heterocycles. The van der Waals surface area contributed by atoms with Crippen molar-refractivity contribution < 1.29 is 14.7 Å². The molecule has 0 bridgehead atoms. The summed E-state index contributed by atoms with van der Waals surface area (Å²) < 4.78 is 0. The molecule has 4 heteroatoms. The normalized spacial score (nSPS) is 12.1. The highest BCUT2D eigenvalue weighted by Crippen LogP contribution is 2.06. The third-order valence-electron chi connectivity index (χ3n) is 2.53. The molecular weight excluding hydrogens is 218 g/mol. The third-order valence-corrected chi connectivity index (χ3v) is 2.53. The quantitative estimate of drug-likeness (QED) is 0.748. The maximum Gasteiger partial charge on any atom is 0.320 e. The Labute approximate surface area is 100 Å². The third kappa shape index (κ3) is 5.26. The molecule has 1 unspecified atom stereocenters. The number of carboxylic acids is 1. The van der Waals surface area contributed by atoms with Crippen molar-refractivity contribution in [3.05, 3.63) is 35.9 Å². The van der Waals surface area contributed by atoms with Crippen molar-refractivity contribution in [1.82, 2.24) is 0 Å². The molecule has 1 aromatic carbocycles. The standard InChI is InChI=1S/C13H17NO3/c14-12(13(16)17)9-11(15)8-4-7-10-5-2-1-3-6-10/h1-3,5-6,12H,4,7-9,14H2,(H,16,17). The molecule has 3 N–H and O–H groups in total. The van der Waals surface area contributed by atoms with Gasteiger partial charge in [-0.2, -0.15) is 0 Å². The van der Waals surface area contributed by atoms with E-state index in [1.165, 1.54) is 5.56 Å². The second-order valence-electron chi connectivity index (χ2n) is 4.03. The predicted octanol–water partition coefficient (Wildman–Crippen LogP) is 1.38. The number of hydrogen-bond donors (Lipinski definition) is 2. The Morgan fingerprint density at radius 3 is 2.47 bits per heavy atom. The van der Waals surface area contributed by atoms with Crippen molar-refractivity contribution in [2.24, 2.45) is 5.73 Å². The number of carboxylic acid groups (broad SMARTS) is 1. The molecule has 1 aromatic rings. The minimum Gasteiger partial charge on any atom is -0.480 e. The van der Waals surface area contributed by atoms with Gasteiger partial charge in [0.05, 0.1) is 0 Å². The zero-order chi connectivity index (χ0) is 12.7. The van der Waals surface area contributed by atoms with Crippen molar-refractivity contribution in [1.29, 1.82) is 0 Å². The lowest BCUT2D eigenvalue weighted by Gasteiger charge is -2.05. The number of Topliss-reactive ketones (excluding diaryl/α,β-unsaturated/α-hetero) is 1. The van der Waals surface area contributed by atoms with Crippen LogP contribution in [0.3, 0.4) is 0 Å². The van der Waals surface area contributed by atoms with Gasteiger partial charge in [-0.1, -0.05) is 30.3 Å². The monoisotopic (exact) mass is 235 g/mol. The molecule has 0 saturated carbocycles. The maximum absolute atomic E-state index is 11.4. The Morgan fingerprint density at radius 1 is 1.24 bits per heavy atom. The van der Waals surface area contributed by atoms with Gasteiger partial charge < -0.3 is 10.8 Å². The van der Waals surface area contributed by atoms with E-state index in [4.69, 9.17) is 10.8 Å². The maximum atomic E-state index is 11.4. The van der Waals surface area contributed by atoms with Crippen LogP contribution in [0.1, 0.15) is 24.8 Å². The van der Waals surface area contributed by atoms with Crippen LogP contribution < -0.4 is 5.73 Å². The molecule has 0 aromatic heterocycles. The first-order valence-corrected chi connectivity index (χ1v) is 5.63. The molecule has 0 fully saturated rings. The number of rotatable bonds is 7. The zero-order valence-corrected chi connectivity index (χ0v) is 9.63. The van der Waals surface area contributed by atoms with Crippen LogP contribution in [-0.2, 0) is 16.0 Å². The van der Waals surface area contributed by atoms with Crippen molar-refractivity contribution in [3.8, 4) is 0 Å². The SMILES string of the molecule is NC(CC(=O)CCCc1ccccc1)C(=O)O. The summed E-state index contributed by atoms with van der Waals surface area (Å²) in [6.07, 6.45) is 1.87. The molecule has 1 atom stereocenters. The average molecular weight is 235 g/mol. The van der Waals surface area contributed by atoms with Gasteiger partial charge in [0.2, 0.25) is 0 Å². The first-order chi connectivity index (χ1) is 8.09. The Kier molecular flexibility index (Phi) is 5.36. The van der Waals surface area contributed by atoms with E-state index in [2.05, 4.69) is 0 Å². The molecule has 17 heavy (non-hydrogen) atoms. The highest BCUT2D eigenvalue weighted by Gasteiger charge is 2.15. The van der Waals surface area contributed by atoms with Gasteiger partial charge in [0.25, 0.3) is 0 Å². The van der Waals surface area contributed by atoms with Crippen LogP contribution in [0.25, 0.3) is 0 Å². The first-order valence-electron chi connectivity index (χ1n) is 5.63. The van der Waals surface area contributed by atoms with Crippen LogP contribution in [0.5, 0.6) is 0 Å². The number of carbonyl (C=O) groups excluding carboxylic acids is 1. The summed E-state index contributed by atoms with van der Waals surface area (Å²) in [5.74, 6) is -1.21. The van der Waals surface area contributed by atoms with Crippen molar-refractivity contribution in [2.75, 3.05) is 0 Å². The molecule has 1 rings (SSSR count). The van der Waals surface area contributed by atoms with Crippen LogP contribution in [0.4, 0.5) is 0 Å². The molecule has 0 amide bonds. The molecule has 0 aliphatic rings. The van der Waals surface area contributed by atoms with E-state index >= 15 is 0 Å². The van der Waals surface area contributed by atoms with Gasteiger partial charge in [-0.05, 0) is 18.4 Å². The average Bonchev–Trinajstić information content (AvgIpc) is 2.30. The van der Waals surface area contributed by atoms with E-state index < -0.39 is 12.0 Å². The van der Waals surface area contributed by atoms with Crippen LogP contribution in [0, 0.1) is 0 Å². The molecular formula is C13H17NO3. The highest BCUT2D eigenvalue weighted by atomic mass is 16.4. The predicted molar refractivity (Wildman–Crippen MR) is 64.6 cm³/mol. The van der Waals surface area contributed by atoms with Gasteiger partial charge in [-0.25, -0.2) is 0 Å². The molecule has 0 aliphatic carbocycles. The molecule has 0 spiro atoms. The minimum absolute atomic E-state index is 0.0792. The van der Waals surface area contributed by atoms with Gasteiger partial charge in [-0.3, -0.25) is 9.59 Å². The lowest BCUT2D eigenvalue weighted by molar-refractivity contribution is -0.140. The number of benzene rings is 1. The summed E-state index contributed by atoms with van der Waals surface area (Å²) in [4.78, 5) is 21.9. The van der Waals surface area contributed by atoms with E-state index in [1.54, 1.807) is 0 Å². The van der Waals surface area contributed by atoms with Gasteiger partial charge in [-0.15, -0.1) is 0 Å². The summed E-state index contributed by atoms with van der Waals surface area (Å²) in [6.45, 7) is 0. The summed E-state index contributed by atoms with van der Waals surface area (Å²) in [5.41, 5.74) is 6.46.